The van der Waals surface area contributed by atoms with Crippen LogP contribution in [0.3, 0.4) is 0 Å². The minimum Gasteiger partial charge on any atom is -0.493 e. The van der Waals surface area contributed by atoms with Crippen LogP contribution in [0.15, 0.2) is 88.8 Å². The number of nitrogens with zero attached hydrogens (tertiary/aromatic N) is 1. The number of rotatable bonds is 6. The zero-order valence-corrected chi connectivity index (χ0v) is 23.8. The van der Waals surface area contributed by atoms with Crippen molar-refractivity contribution < 1.29 is 19.1 Å². The average molecular weight is 655 g/mol. The smallest absolute Gasteiger partial charge is 0.279 e. The standard InChI is InChI=1S/C29H20ClIN2O4S/c1-36-24-14-17(13-23(31)26(24)37-16-20-7-4-6-18-5-2-3-8-22(18)20)15-25-28(35)33-29(38-25)32-27(34)19-9-11-21(30)12-10-19/h2-15H,16H2,1H3,(H,32,33,34,35)/b25-15-. The number of amidine groups is 1. The van der Waals surface area contributed by atoms with Crippen molar-refractivity contribution >= 4 is 79.8 Å². The van der Waals surface area contributed by atoms with Crippen molar-refractivity contribution in [3.8, 4) is 11.5 Å². The Labute approximate surface area is 242 Å². The second-order valence-corrected chi connectivity index (χ2v) is 10.9. The number of ether oxygens (including phenoxy) is 2. The molecule has 0 aromatic heterocycles. The summed E-state index contributed by atoms with van der Waals surface area (Å²) >= 11 is 9.18. The lowest BCUT2D eigenvalue weighted by molar-refractivity contribution is -0.115. The lowest BCUT2D eigenvalue weighted by atomic mass is 10.1. The molecule has 0 unspecified atom stereocenters. The summed E-state index contributed by atoms with van der Waals surface area (Å²) < 4.78 is 12.7. The summed E-state index contributed by atoms with van der Waals surface area (Å²) in [4.78, 5) is 29.4. The zero-order chi connectivity index (χ0) is 26.6. The number of fused-ring (bicyclic) bond motifs is 1. The number of aliphatic imine (C=N–C) groups is 1. The van der Waals surface area contributed by atoms with Crippen LogP contribution >= 0.6 is 46.0 Å². The van der Waals surface area contributed by atoms with Gasteiger partial charge in [-0.25, -0.2) is 0 Å². The molecule has 2 amide bonds. The number of benzene rings is 4. The number of halogens is 2. The van der Waals surface area contributed by atoms with Crippen LogP contribution in [0.2, 0.25) is 5.02 Å². The number of carbonyl (C=O) groups excluding carboxylic acids is 2. The van der Waals surface area contributed by atoms with Crippen molar-refractivity contribution in [2.45, 2.75) is 6.61 Å². The Morgan fingerprint density at radius 3 is 2.63 bits per heavy atom. The quantitative estimate of drug-likeness (QED) is 0.178. The van der Waals surface area contributed by atoms with Crippen LogP contribution in [-0.4, -0.2) is 24.1 Å². The van der Waals surface area contributed by atoms with E-state index >= 15 is 0 Å². The highest BCUT2D eigenvalue weighted by molar-refractivity contribution is 14.1. The first kappa shape index (κ1) is 26.3. The molecule has 6 nitrogen and oxygen atoms in total. The minimum absolute atomic E-state index is 0.220. The molecule has 0 saturated carbocycles. The molecule has 0 spiro atoms. The van der Waals surface area contributed by atoms with Crippen molar-refractivity contribution in [3.05, 3.63) is 109 Å². The van der Waals surface area contributed by atoms with Crippen molar-refractivity contribution in [3.63, 3.8) is 0 Å². The Hall–Kier alpha value is -3.34. The lowest BCUT2D eigenvalue weighted by Crippen LogP contribution is -2.20. The maximum absolute atomic E-state index is 12.6. The van der Waals surface area contributed by atoms with Crippen LogP contribution in [-0.2, 0) is 11.4 Å². The molecule has 1 heterocycles. The third-order valence-electron chi connectivity index (χ3n) is 5.75. The van der Waals surface area contributed by atoms with Gasteiger partial charge in [0, 0.05) is 10.6 Å². The van der Waals surface area contributed by atoms with Crippen molar-refractivity contribution in [1.82, 2.24) is 5.32 Å². The summed E-state index contributed by atoms with van der Waals surface area (Å²) in [5.41, 5.74) is 2.21. The molecular formula is C29H20ClIN2O4S. The first-order valence-electron chi connectivity index (χ1n) is 11.5. The van der Waals surface area contributed by atoms with Crippen molar-refractivity contribution in [2.24, 2.45) is 4.99 Å². The van der Waals surface area contributed by atoms with Crippen molar-refractivity contribution in [2.75, 3.05) is 7.11 Å². The molecular weight excluding hydrogens is 635 g/mol. The van der Waals surface area contributed by atoms with E-state index in [0.717, 1.165) is 37.2 Å². The van der Waals surface area contributed by atoms with E-state index in [2.05, 4.69) is 51.1 Å². The summed E-state index contributed by atoms with van der Waals surface area (Å²) in [6.45, 7) is 0.383. The zero-order valence-electron chi connectivity index (χ0n) is 20.0. The van der Waals surface area contributed by atoms with Gasteiger partial charge in [-0.15, -0.1) is 0 Å². The van der Waals surface area contributed by atoms with Crippen LogP contribution in [0.1, 0.15) is 21.5 Å². The first-order valence-corrected chi connectivity index (χ1v) is 13.7. The highest BCUT2D eigenvalue weighted by Gasteiger charge is 2.25. The summed E-state index contributed by atoms with van der Waals surface area (Å²) in [5.74, 6) is 0.388. The summed E-state index contributed by atoms with van der Waals surface area (Å²) in [6, 6.07) is 24.5. The van der Waals surface area contributed by atoms with Gasteiger partial charge in [-0.3, -0.25) is 9.59 Å². The normalized spacial score (nSPS) is 15.2. The van der Waals surface area contributed by atoms with Crippen LogP contribution in [0.4, 0.5) is 0 Å². The third kappa shape index (κ3) is 5.87. The van der Waals surface area contributed by atoms with Crippen LogP contribution in [0, 0.1) is 3.57 Å². The summed E-state index contributed by atoms with van der Waals surface area (Å²) in [6.07, 6.45) is 1.73. The Kier molecular flexibility index (Phi) is 8.01. The fourth-order valence-electron chi connectivity index (χ4n) is 3.91. The number of hydrogen-bond donors (Lipinski definition) is 1. The van der Waals surface area contributed by atoms with E-state index in [1.807, 2.05) is 36.4 Å². The Balaban J connectivity index is 1.34. The van der Waals surface area contributed by atoms with Gasteiger partial charge in [-0.1, -0.05) is 54.1 Å². The van der Waals surface area contributed by atoms with E-state index in [0.29, 0.717) is 33.6 Å². The van der Waals surface area contributed by atoms with Crippen molar-refractivity contribution in [1.29, 1.82) is 0 Å². The molecule has 0 radical (unpaired) electrons. The van der Waals surface area contributed by atoms with E-state index in [-0.39, 0.29) is 11.1 Å². The fraction of sp³-hybridized carbons (Fsp3) is 0.0690. The fourth-order valence-corrected chi connectivity index (χ4v) is 5.64. The number of thioether (sulfide) groups is 1. The highest BCUT2D eigenvalue weighted by Crippen LogP contribution is 2.37. The topological polar surface area (TPSA) is 77.0 Å². The number of hydrogen-bond acceptors (Lipinski definition) is 5. The molecule has 0 aliphatic carbocycles. The molecule has 0 bridgehead atoms. The predicted octanol–water partition coefficient (Wildman–Crippen LogP) is 7.09. The van der Waals surface area contributed by atoms with Gasteiger partial charge >= 0.3 is 0 Å². The van der Waals surface area contributed by atoms with Gasteiger partial charge in [0.25, 0.3) is 11.8 Å². The van der Waals surface area contributed by atoms with Crippen LogP contribution in [0.5, 0.6) is 11.5 Å². The Bertz CT molecular complexity index is 1610. The minimum atomic E-state index is -0.463. The molecule has 4 aromatic rings. The monoisotopic (exact) mass is 654 g/mol. The molecule has 9 heteroatoms. The SMILES string of the molecule is COc1cc(/C=C2\SC(=NC(=O)c3ccc(Cl)cc3)NC2=O)cc(I)c1OCc1cccc2ccccc12. The van der Waals surface area contributed by atoms with Gasteiger partial charge in [0.15, 0.2) is 16.7 Å². The number of amides is 2. The van der Waals surface area contributed by atoms with Gasteiger partial charge in [0.2, 0.25) is 0 Å². The second kappa shape index (κ2) is 11.6. The molecule has 1 saturated heterocycles. The van der Waals surface area contributed by atoms with Gasteiger partial charge < -0.3 is 14.8 Å². The molecule has 0 atom stereocenters. The predicted molar refractivity (Wildman–Crippen MR) is 161 cm³/mol. The number of nitrogens with one attached hydrogen (secondary N) is 1. The molecule has 1 aliphatic heterocycles. The third-order valence-corrected chi connectivity index (χ3v) is 7.71. The van der Waals surface area contributed by atoms with Gasteiger partial charge in [0.05, 0.1) is 15.6 Å². The molecule has 1 aliphatic rings. The number of methoxy groups -OCH3 is 1. The average Bonchev–Trinajstić information content (AvgIpc) is 3.26. The molecule has 4 aromatic carbocycles. The first-order chi connectivity index (χ1) is 18.4. The summed E-state index contributed by atoms with van der Waals surface area (Å²) in [7, 11) is 1.58. The van der Waals surface area contributed by atoms with E-state index in [1.165, 1.54) is 0 Å². The Morgan fingerprint density at radius 1 is 1.08 bits per heavy atom. The van der Waals surface area contributed by atoms with Gasteiger partial charge in [-0.2, -0.15) is 4.99 Å². The maximum atomic E-state index is 12.6. The molecule has 1 fully saturated rings. The van der Waals surface area contributed by atoms with Gasteiger partial charge in [-0.05, 0) is 98.7 Å². The molecule has 1 N–H and O–H groups in total. The number of carbonyl (C=O) groups is 2. The van der Waals surface area contributed by atoms with E-state index in [4.69, 9.17) is 21.1 Å². The summed E-state index contributed by atoms with van der Waals surface area (Å²) in [5, 5.41) is 5.69. The largest absolute Gasteiger partial charge is 0.493 e. The molecule has 5 rings (SSSR count). The second-order valence-electron chi connectivity index (χ2n) is 8.25. The van der Waals surface area contributed by atoms with Crippen LogP contribution < -0.4 is 14.8 Å². The molecule has 38 heavy (non-hydrogen) atoms. The lowest BCUT2D eigenvalue weighted by Gasteiger charge is -2.15. The van der Waals surface area contributed by atoms with Gasteiger partial charge in [0.1, 0.15) is 6.61 Å². The molecule has 190 valence electrons. The van der Waals surface area contributed by atoms with E-state index in [1.54, 1.807) is 37.5 Å². The maximum Gasteiger partial charge on any atom is 0.279 e. The van der Waals surface area contributed by atoms with E-state index < -0.39 is 5.91 Å². The Morgan fingerprint density at radius 2 is 1.84 bits per heavy atom. The van der Waals surface area contributed by atoms with E-state index in [9.17, 15) is 9.59 Å². The van der Waals surface area contributed by atoms with Crippen LogP contribution in [0.25, 0.3) is 16.8 Å². The highest BCUT2D eigenvalue weighted by atomic mass is 127.